The molecular formula is C10H9ClF3NO2. The maximum atomic E-state index is 12.1. The third-order valence-electron chi connectivity index (χ3n) is 2.00. The van der Waals surface area contributed by atoms with Crippen molar-refractivity contribution >= 4 is 23.2 Å². The number of hydrogen-bond acceptors (Lipinski definition) is 2. The molecule has 0 bridgehead atoms. The topological polar surface area (TPSA) is 38.3 Å². The highest BCUT2D eigenvalue weighted by atomic mass is 35.5. The largest absolute Gasteiger partial charge is 0.495 e. The lowest BCUT2D eigenvalue weighted by Crippen LogP contribution is -2.30. The van der Waals surface area contributed by atoms with Gasteiger partial charge in [0.25, 0.3) is 0 Å². The molecule has 0 aromatic heterocycles. The first-order chi connectivity index (χ1) is 7.75. The number of nitrogens with one attached hydrogen (secondary N) is 1. The highest BCUT2D eigenvalue weighted by Crippen LogP contribution is 2.31. The van der Waals surface area contributed by atoms with Gasteiger partial charge < -0.3 is 10.1 Å². The average molecular weight is 268 g/mol. The van der Waals surface area contributed by atoms with Gasteiger partial charge in [-0.2, -0.15) is 13.2 Å². The van der Waals surface area contributed by atoms with Crippen LogP contribution >= 0.6 is 11.6 Å². The number of ether oxygens (including phenoxy) is 1. The number of halogens is 4. The number of anilines is 1. The average Bonchev–Trinajstić information content (AvgIpc) is 2.20. The second-order valence-electron chi connectivity index (χ2n) is 3.25. The summed E-state index contributed by atoms with van der Waals surface area (Å²) in [6.07, 6.45) is -4.93. The molecule has 1 aromatic rings. The first-order valence-corrected chi connectivity index (χ1v) is 4.86. The summed E-state index contributed by atoms with van der Waals surface area (Å²) in [6.45, 7) is 1.53. The van der Waals surface area contributed by atoms with Crippen molar-refractivity contribution in [2.75, 3.05) is 12.4 Å². The van der Waals surface area contributed by atoms with Crippen LogP contribution in [-0.2, 0) is 4.79 Å². The van der Waals surface area contributed by atoms with Gasteiger partial charge in [-0.15, -0.1) is 0 Å². The fourth-order valence-corrected chi connectivity index (χ4v) is 1.43. The van der Waals surface area contributed by atoms with Gasteiger partial charge in [-0.25, -0.2) is 0 Å². The highest BCUT2D eigenvalue weighted by molar-refractivity contribution is 6.32. The molecule has 1 N–H and O–H groups in total. The van der Waals surface area contributed by atoms with Crippen LogP contribution in [0.1, 0.15) is 5.56 Å². The zero-order valence-corrected chi connectivity index (χ0v) is 9.74. The van der Waals surface area contributed by atoms with Crippen LogP contribution in [0.4, 0.5) is 18.9 Å². The van der Waals surface area contributed by atoms with Crippen molar-refractivity contribution in [2.45, 2.75) is 13.1 Å². The van der Waals surface area contributed by atoms with Crippen molar-refractivity contribution < 1.29 is 22.7 Å². The minimum absolute atomic E-state index is 0.00794. The predicted octanol–water partition coefficient (Wildman–Crippen LogP) is 3.16. The Morgan fingerprint density at radius 1 is 1.41 bits per heavy atom. The lowest BCUT2D eigenvalue weighted by molar-refractivity contribution is -0.167. The van der Waals surface area contributed by atoms with Crippen molar-refractivity contribution in [3.63, 3.8) is 0 Å². The summed E-state index contributed by atoms with van der Waals surface area (Å²) in [6, 6.07) is 2.65. The first-order valence-electron chi connectivity index (χ1n) is 4.48. The number of rotatable bonds is 2. The molecule has 0 saturated heterocycles. The molecule has 94 valence electrons. The minimum atomic E-state index is -4.93. The monoisotopic (exact) mass is 267 g/mol. The number of alkyl halides is 3. The third-order valence-corrected chi connectivity index (χ3v) is 2.30. The fraction of sp³-hybridized carbons (Fsp3) is 0.300. The molecule has 1 rings (SSSR count). The summed E-state index contributed by atoms with van der Waals surface area (Å²) < 4.78 is 41.0. The van der Waals surface area contributed by atoms with Crippen LogP contribution in [-0.4, -0.2) is 19.2 Å². The van der Waals surface area contributed by atoms with Crippen molar-refractivity contribution in [3.05, 3.63) is 22.7 Å². The van der Waals surface area contributed by atoms with Gasteiger partial charge in [0.05, 0.1) is 12.1 Å². The molecule has 3 nitrogen and oxygen atoms in total. The van der Waals surface area contributed by atoms with Crippen LogP contribution in [0.3, 0.4) is 0 Å². The summed E-state index contributed by atoms with van der Waals surface area (Å²) >= 11 is 5.77. The second kappa shape index (κ2) is 4.83. The Morgan fingerprint density at radius 3 is 2.47 bits per heavy atom. The summed E-state index contributed by atoms with van der Waals surface area (Å²) in [7, 11) is 1.33. The summed E-state index contributed by atoms with van der Waals surface area (Å²) in [4.78, 5) is 10.8. The van der Waals surface area contributed by atoms with Crippen LogP contribution < -0.4 is 10.1 Å². The number of carbonyl (C=O) groups excluding carboxylic acids is 1. The standard InChI is InChI=1S/C10H9ClF3NO2/c1-5-3-6(11)8(17-2)4-7(5)15-9(16)10(12,13)14/h3-4H,1-2H3,(H,15,16). The number of methoxy groups -OCH3 is 1. The van der Waals surface area contributed by atoms with Gasteiger partial charge in [-0.1, -0.05) is 11.6 Å². The van der Waals surface area contributed by atoms with E-state index in [2.05, 4.69) is 0 Å². The molecule has 0 atom stereocenters. The summed E-state index contributed by atoms with van der Waals surface area (Å²) in [5.74, 6) is -1.85. The number of benzene rings is 1. The number of carbonyl (C=O) groups is 1. The van der Waals surface area contributed by atoms with Crippen LogP contribution in [0.2, 0.25) is 5.02 Å². The van der Waals surface area contributed by atoms with Crippen molar-refractivity contribution in [3.8, 4) is 5.75 Å². The molecule has 1 aromatic carbocycles. The molecule has 7 heteroatoms. The molecule has 17 heavy (non-hydrogen) atoms. The maximum Gasteiger partial charge on any atom is 0.471 e. The lowest BCUT2D eigenvalue weighted by Gasteiger charge is -2.12. The zero-order valence-electron chi connectivity index (χ0n) is 8.98. The molecule has 0 aliphatic heterocycles. The van der Waals surface area contributed by atoms with Crippen molar-refractivity contribution in [2.24, 2.45) is 0 Å². The SMILES string of the molecule is COc1cc(NC(=O)C(F)(F)F)c(C)cc1Cl. The van der Waals surface area contributed by atoms with E-state index in [1.807, 2.05) is 0 Å². The molecule has 0 aliphatic rings. The van der Waals surface area contributed by atoms with Gasteiger partial charge in [0.2, 0.25) is 0 Å². The third kappa shape index (κ3) is 3.26. The molecule has 0 aliphatic carbocycles. The number of hydrogen-bond donors (Lipinski definition) is 1. The van der Waals surface area contributed by atoms with Crippen molar-refractivity contribution in [1.82, 2.24) is 0 Å². The fourth-order valence-electron chi connectivity index (χ4n) is 1.14. The van der Waals surface area contributed by atoms with E-state index in [0.29, 0.717) is 5.56 Å². The van der Waals surface area contributed by atoms with Gasteiger partial charge in [-0.05, 0) is 18.6 Å². The lowest BCUT2D eigenvalue weighted by atomic mass is 10.2. The zero-order chi connectivity index (χ0) is 13.2. The van der Waals surface area contributed by atoms with E-state index in [9.17, 15) is 18.0 Å². The summed E-state index contributed by atoms with van der Waals surface area (Å²) in [5.41, 5.74) is 0.418. The normalized spacial score (nSPS) is 11.2. The van der Waals surface area contributed by atoms with Crippen molar-refractivity contribution in [1.29, 1.82) is 0 Å². The molecule has 0 unspecified atom stereocenters. The maximum absolute atomic E-state index is 12.1. The molecule has 0 fully saturated rings. The van der Waals surface area contributed by atoms with E-state index < -0.39 is 12.1 Å². The number of aryl methyl sites for hydroxylation is 1. The molecule has 1 amide bonds. The van der Waals surface area contributed by atoms with Crippen LogP contribution in [0.15, 0.2) is 12.1 Å². The van der Waals surface area contributed by atoms with E-state index in [-0.39, 0.29) is 16.5 Å². The van der Waals surface area contributed by atoms with Gasteiger partial charge >= 0.3 is 12.1 Å². The summed E-state index contributed by atoms with van der Waals surface area (Å²) in [5, 5.41) is 2.01. The van der Waals surface area contributed by atoms with E-state index in [0.717, 1.165) is 0 Å². The van der Waals surface area contributed by atoms with Gasteiger partial charge in [-0.3, -0.25) is 4.79 Å². The van der Waals surface area contributed by atoms with Crippen LogP contribution in [0, 0.1) is 6.92 Å². The van der Waals surface area contributed by atoms with E-state index in [1.165, 1.54) is 26.2 Å². The Hall–Kier alpha value is -1.43. The molecule has 0 heterocycles. The molecule has 0 radical (unpaired) electrons. The van der Waals surface area contributed by atoms with E-state index in [4.69, 9.17) is 16.3 Å². The van der Waals surface area contributed by atoms with E-state index >= 15 is 0 Å². The number of amides is 1. The first kappa shape index (κ1) is 13.6. The Bertz CT molecular complexity index is 446. The molecule has 0 spiro atoms. The Kier molecular flexibility index (Phi) is 3.87. The van der Waals surface area contributed by atoms with Crippen LogP contribution in [0.25, 0.3) is 0 Å². The van der Waals surface area contributed by atoms with Gasteiger partial charge in [0.15, 0.2) is 0 Å². The van der Waals surface area contributed by atoms with E-state index in [1.54, 1.807) is 5.32 Å². The quantitative estimate of drug-likeness (QED) is 0.894. The minimum Gasteiger partial charge on any atom is -0.495 e. The second-order valence-corrected chi connectivity index (χ2v) is 3.66. The van der Waals surface area contributed by atoms with Crippen LogP contribution in [0.5, 0.6) is 5.75 Å². The Morgan fingerprint density at radius 2 is 2.00 bits per heavy atom. The predicted molar refractivity (Wildman–Crippen MR) is 57.4 cm³/mol. The Labute approximate surface area is 101 Å². The van der Waals surface area contributed by atoms with Gasteiger partial charge in [0, 0.05) is 11.8 Å². The highest BCUT2D eigenvalue weighted by Gasteiger charge is 2.38. The molecule has 0 saturated carbocycles. The Balaban J connectivity index is 3.03. The molecular weight excluding hydrogens is 259 g/mol. The smallest absolute Gasteiger partial charge is 0.471 e. The van der Waals surface area contributed by atoms with Gasteiger partial charge in [0.1, 0.15) is 5.75 Å².